The molecule has 0 amide bonds. The summed E-state index contributed by atoms with van der Waals surface area (Å²) in [6.45, 7) is 3.34. The van der Waals surface area contributed by atoms with E-state index in [1.165, 1.54) is 0 Å². The lowest BCUT2D eigenvalue weighted by atomic mass is 10.3. The van der Waals surface area contributed by atoms with Crippen LogP contribution in [0.1, 0.15) is 12.6 Å². The molecule has 2 atom stereocenters. The third-order valence-electron chi connectivity index (χ3n) is 2.80. The van der Waals surface area contributed by atoms with Crippen molar-refractivity contribution in [3.8, 4) is 0 Å². The fourth-order valence-corrected chi connectivity index (χ4v) is 1.95. The molecule has 5 heteroatoms. The Morgan fingerprint density at radius 3 is 2.78 bits per heavy atom. The minimum atomic E-state index is -0.789. The minimum Gasteiger partial charge on any atom is -0.310 e. The van der Waals surface area contributed by atoms with Crippen LogP contribution in [0.3, 0.4) is 0 Å². The van der Waals surface area contributed by atoms with Gasteiger partial charge in [-0.15, -0.1) is 0 Å². The van der Waals surface area contributed by atoms with Gasteiger partial charge in [0.05, 0.1) is 22.9 Å². The first-order valence-corrected chi connectivity index (χ1v) is 7.52. The van der Waals surface area contributed by atoms with Gasteiger partial charge in [0.25, 0.3) is 0 Å². The normalized spacial score (nSPS) is 14.6. The highest BCUT2D eigenvalue weighted by atomic mass is 32.2. The van der Waals surface area contributed by atoms with Gasteiger partial charge in [-0.05, 0) is 19.1 Å². The van der Waals surface area contributed by atoms with Crippen LogP contribution >= 0.6 is 0 Å². The molecule has 2 unspecified atom stereocenters. The van der Waals surface area contributed by atoms with E-state index in [2.05, 4.69) is 15.3 Å². The molecular formula is C13H17N3OS. The molecule has 1 aromatic carbocycles. The lowest BCUT2D eigenvalue weighted by molar-refractivity contribution is 0.642. The van der Waals surface area contributed by atoms with Gasteiger partial charge in [-0.3, -0.25) is 9.19 Å². The molecular weight excluding hydrogens is 246 g/mol. The predicted molar refractivity (Wildman–Crippen MR) is 74.8 cm³/mol. The van der Waals surface area contributed by atoms with E-state index in [0.29, 0.717) is 6.54 Å². The number of nitrogens with zero attached hydrogens (tertiary/aromatic N) is 2. The zero-order valence-corrected chi connectivity index (χ0v) is 11.4. The molecule has 0 radical (unpaired) electrons. The second kappa shape index (κ2) is 6.02. The first-order chi connectivity index (χ1) is 8.66. The Morgan fingerprint density at radius 1 is 1.33 bits per heavy atom. The summed E-state index contributed by atoms with van der Waals surface area (Å²) < 4.78 is 11.2. The third-order valence-corrected chi connectivity index (χ3v) is 4.10. The van der Waals surface area contributed by atoms with E-state index in [0.717, 1.165) is 23.3 Å². The van der Waals surface area contributed by atoms with Crippen LogP contribution in [0.2, 0.25) is 0 Å². The summed E-state index contributed by atoms with van der Waals surface area (Å²) in [6.07, 6.45) is 3.51. The molecule has 0 fully saturated rings. The molecule has 4 nitrogen and oxygen atoms in total. The van der Waals surface area contributed by atoms with Crippen molar-refractivity contribution < 1.29 is 4.21 Å². The summed E-state index contributed by atoms with van der Waals surface area (Å²) in [5, 5.41) is 3.40. The Morgan fingerprint density at radius 2 is 2.06 bits per heavy atom. The molecule has 0 aliphatic carbocycles. The number of hydrogen-bond acceptors (Lipinski definition) is 4. The molecule has 2 aromatic rings. The highest BCUT2D eigenvalue weighted by molar-refractivity contribution is 7.84. The molecule has 0 saturated heterocycles. The lowest BCUT2D eigenvalue weighted by Crippen LogP contribution is -2.27. The molecule has 96 valence electrons. The Balaban J connectivity index is 1.98. The Kier molecular flexibility index (Phi) is 4.38. The van der Waals surface area contributed by atoms with E-state index in [9.17, 15) is 4.21 Å². The number of fused-ring (bicyclic) bond motifs is 1. The first-order valence-electron chi connectivity index (χ1n) is 5.90. The Labute approximate surface area is 109 Å². The van der Waals surface area contributed by atoms with Crippen LogP contribution in [0.5, 0.6) is 0 Å². The highest BCUT2D eigenvalue weighted by Crippen LogP contribution is 2.08. The number of rotatable bonds is 5. The molecule has 2 rings (SSSR count). The van der Waals surface area contributed by atoms with Gasteiger partial charge < -0.3 is 5.32 Å². The van der Waals surface area contributed by atoms with Gasteiger partial charge >= 0.3 is 0 Å². The quantitative estimate of drug-likeness (QED) is 0.888. The Bertz CT molecular complexity index is 559. The zero-order chi connectivity index (χ0) is 13.0. The maximum absolute atomic E-state index is 11.2. The molecule has 0 spiro atoms. The van der Waals surface area contributed by atoms with Crippen LogP contribution in [0.25, 0.3) is 11.0 Å². The maximum Gasteiger partial charge on any atom is 0.0890 e. The van der Waals surface area contributed by atoms with Crippen molar-refractivity contribution in [1.29, 1.82) is 0 Å². The van der Waals surface area contributed by atoms with Gasteiger partial charge in [-0.2, -0.15) is 0 Å². The van der Waals surface area contributed by atoms with Crippen LogP contribution in [0.15, 0.2) is 30.5 Å². The SMILES string of the molecule is CC(CNCc1cnc2ccccc2n1)S(C)=O. The number of nitrogens with one attached hydrogen (secondary N) is 1. The van der Waals surface area contributed by atoms with Crippen LogP contribution < -0.4 is 5.32 Å². The van der Waals surface area contributed by atoms with Crippen LogP contribution in [0.4, 0.5) is 0 Å². The van der Waals surface area contributed by atoms with Crippen molar-refractivity contribution >= 4 is 21.8 Å². The van der Waals surface area contributed by atoms with Gasteiger partial charge in [0, 0.05) is 35.4 Å². The second-order valence-corrected chi connectivity index (χ2v) is 6.09. The number of benzene rings is 1. The molecule has 0 saturated carbocycles. The summed E-state index contributed by atoms with van der Waals surface area (Å²) in [5.74, 6) is 0. The summed E-state index contributed by atoms with van der Waals surface area (Å²) in [7, 11) is -0.789. The molecule has 0 aliphatic rings. The first kappa shape index (κ1) is 13.1. The van der Waals surface area contributed by atoms with Crippen molar-refractivity contribution in [1.82, 2.24) is 15.3 Å². The average Bonchev–Trinajstić information content (AvgIpc) is 2.38. The van der Waals surface area contributed by atoms with Crippen LogP contribution in [-0.4, -0.2) is 32.2 Å². The van der Waals surface area contributed by atoms with E-state index in [-0.39, 0.29) is 5.25 Å². The molecule has 0 bridgehead atoms. The van der Waals surface area contributed by atoms with Crippen molar-refractivity contribution in [2.45, 2.75) is 18.7 Å². The molecule has 1 N–H and O–H groups in total. The van der Waals surface area contributed by atoms with Gasteiger partial charge in [0.15, 0.2) is 0 Å². The summed E-state index contributed by atoms with van der Waals surface area (Å²) in [4.78, 5) is 8.87. The van der Waals surface area contributed by atoms with E-state index in [1.54, 1.807) is 12.5 Å². The van der Waals surface area contributed by atoms with E-state index in [4.69, 9.17) is 0 Å². The summed E-state index contributed by atoms with van der Waals surface area (Å²) in [5.41, 5.74) is 2.72. The molecule has 1 heterocycles. The summed E-state index contributed by atoms with van der Waals surface area (Å²) >= 11 is 0. The molecule has 18 heavy (non-hydrogen) atoms. The number of aromatic nitrogens is 2. The van der Waals surface area contributed by atoms with Crippen molar-refractivity contribution in [3.05, 3.63) is 36.2 Å². The summed E-state index contributed by atoms with van der Waals surface area (Å²) in [6, 6.07) is 7.81. The number of hydrogen-bond donors (Lipinski definition) is 1. The van der Waals surface area contributed by atoms with Gasteiger partial charge in [0.2, 0.25) is 0 Å². The van der Waals surface area contributed by atoms with Gasteiger partial charge in [0.1, 0.15) is 0 Å². The van der Waals surface area contributed by atoms with E-state index >= 15 is 0 Å². The smallest absolute Gasteiger partial charge is 0.0890 e. The topological polar surface area (TPSA) is 54.9 Å². The fraction of sp³-hybridized carbons (Fsp3) is 0.385. The van der Waals surface area contributed by atoms with E-state index in [1.807, 2.05) is 31.2 Å². The Hall–Kier alpha value is -1.33. The van der Waals surface area contributed by atoms with Crippen molar-refractivity contribution in [2.24, 2.45) is 0 Å². The van der Waals surface area contributed by atoms with E-state index < -0.39 is 10.8 Å². The largest absolute Gasteiger partial charge is 0.310 e. The van der Waals surface area contributed by atoms with Crippen molar-refractivity contribution in [2.75, 3.05) is 12.8 Å². The number of para-hydroxylation sites is 2. The minimum absolute atomic E-state index is 0.151. The fourth-order valence-electron chi connectivity index (χ4n) is 1.60. The van der Waals surface area contributed by atoms with Crippen molar-refractivity contribution in [3.63, 3.8) is 0 Å². The maximum atomic E-state index is 11.2. The molecule has 1 aromatic heterocycles. The van der Waals surface area contributed by atoms with Crippen LogP contribution in [-0.2, 0) is 17.3 Å². The predicted octanol–water partition coefficient (Wildman–Crippen LogP) is 1.49. The monoisotopic (exact) mass is 263 g/mol. The van der Waals surface area contributed by atoms with Gasteiger partial charge in [-0.25, -0.2) is 4.98 Å². The second-order valence-electron chi connectivity index (χ2n) is 4.29. The molecule has 0 aliphatic heterocycles. The highest BCUT2D eigenvalue weighted by Gasteiger charge is 2.05. The third kappa shape index (κ3) is 3.34. The zero-order valence-electron chi connectivity index (χ0n) is 10.6. The van der Waals surface area contributed by atoms with Crippen LogP contribution in [0, 0.1) is 0 Å². The average molecular weight is 263 g/mol. The standard InChI is InChI=1S/C13H17N3OS/c1-10(18(2)17)7-14-8-11-9-15-12-5-3-4-6-13(12)16-11/h3-6,9-10,14H,7-8H2,1-2H3. The van der Waals surface area contributed by atoms with Gasteiger partial charge in [-0.1, -0.05) is 12.1 Å². The lowest BCUT2D eigenvalue weighted by Gasteiger charge is -2.09.